The Hall–Kier alpha value is -2.69. The van der Waals surface area contributed by atoms with E-state index in [0.717, 1.165) is 11.3 Å². The summed E-state index contributed by atoms with van der Waals surface area (Å²) in [5.74, 6) is -1.19. The summed E-state index contributed by atoms with van der Waals surface area (Å²) in [6.45, 7) is 1.82. The van der Waals surface area contributed by atoms with Crippen LogP contribution in [0.2, 0.25) is 0 Å². The number of nitrogens with zero attached hydrogens (tertiary/aromatic N) is 2. The van der Waals surface area contributed by atoms with Crippen LogP contribution in [0.4, 0.5) is 0 Å². The minimum atomic E-state index is -1.01. The minimum Gasteiger partial charge on any atom is -0.480 e. The SMILES string of the molecule is CC(C(=O)O)N(Cc1ccccc1)C(=O)CCc1ccccn1. The van der Waals surface area contributed by atoms with Gasteiger partial charge < -0.3 is 10.0 Å². The second kappa shape index (κ2) is 8.08. The predicted octanol–water partition coefficient (Wildman–Crippen LogP) is 2.52. The van der Waals surface area contributed by atoms with Gasteiger partial charge in [0.15, 0.2) is 0 Å². The molecule has 0 aliphatic heterocycles. The van der Waals surface area contributed by atoms with Crippen molar-refractivity contribution in [3.63, 3.8) is 0 Å². The number of aryl methyl sites for hydroxylation is 1. The largest absolute Gasteiger partial charge is 0.480 e. The molecule has 0 spiro atoms. The molecule has 23 heavy (non-hydrogen) atoms. The molecular formula is C18H20N2O3. The van der Waals surface area contributed by atoms with E-state index < -0.39 is 12.0 Å². The molecule has 0 saturated heterocycles. The molecule has 1 aromatic carbocycles. The topological polar surface area (TPSA) is 70.5 Å². The zero-order valence-corrected chi connectivity index (χ0v) is 13.1. The van der Waals surface area contributed by atoms with Gasteiger partial charge in [-0.25, -0.2) is 4.79 Å². The third kappa shape index (κ3) is 4.92. The summed E-state index contributed by atoms with van der Waals surface area (Å²) in [7, 11) is 0. The zero-order valence-electron chi connectivity index (χ0n) is 13.1. The molecule has 1 aromatic heterocycles. The van der Waals surface area contributed by atoms with E-state index in [0.29, 0.717) is 6.42 Å². The van der Waals surface area contributed by atoms with Crippen LogP contribution in [0, 0.1) is 0 Å². The smallest absolute Gasteiger partial charge is 0.326 e. The summed E-state index contributed by atoms with van der Waals surface area (Å²) in [5.41, 5.74) is 1.73. The molecule has 0 bridgehead atoms. The first-order valence-corrected chi connectivity index (χ1v) is 7.54. The lowest BCUT2D eigenvalue weighted by Crippen LogP contribution is -2.42. The van der Waals surface area contributed by atoms with Gasteiger partial charge in [0.1, 0.15) is 6.04 Å². The van der Waals surface area contributed by atoms with E-state index in [9.17, 15) is 14.7 Å². The molecule has 120 valence electrons. The molecule has 2 rings (SSSR count). The molecule has 1 amide bonds. The van der Waals surface area contributed by atoms with Crippen LogP contribution in [0.3, 0.4) is 0 Å². The van der Waals surface area contributed by atoms with Crippen molar-refractivity contribution in [3.05, 3.63) is 66.0 Å². The highest BCUT2D eigenvalue weighted by Crippen LogP contribution is 2.12. The standard InChI is InChI=1S/C18H20N2O3/c1-14(18(22)23)20(13-15-7-3-2-4-8-15)17(21)11-10-16-9-5-6-12-19-16/h2-9,12,14H,10-11,13H2,1H3,(H,22,23). The Balaban J connectivity index is 2.06. The van der Waals surface area contributed by atoms with Gasteiger partial charge in [-0.05, 0) is 31.0 Å². The molecule has 0 aliphatic carbocycles. The normalized spacial score (nSPS) is 11.7. The molecule has 0 aliphatic rings. The first-order chi connectivity index (χ1) is 11.1. The molecule has 0 radical (unpaired) electrons. The van der Waals surface area contributed by atoms with Crippen molar-refractivity contribution in [3.8, 4) is 0 Å². The lowest BCUT2D eigenvalue weighted by atomic mass is 10.1. The van der Waals surface area contributed by atoms with Crippen molar-refractivity contribution < 1.29 is 14.7 Å². The molecule has 5 nitrogen and oxygen atoms in total. The molecule has 2 aromatic rings. The highest BCUT2D eigenvalue weighted by atomic mass is 16.4. The van der Waals surface area contributed by atoms with Crippen LogP contribution in [0.1, 0.15) is 24.6 Å². The quantitative estimate of drug-likeness (QED) is 0.853. The van der Waals surface area contributed by atoms with E-state index in [4.69, 9.17) is 0 Å². The minimum absolute atomic E-state index is 0.186. The van der Waals surface area contributed by atoms with E-state index in [1.807, 2.05) is 48.5 Å². The number of hydrogen-bond acceptors (Lipinski definition) is 3. The third-order valence-electron chi connectivity index (χ3n) is 3.66. The monoisotopic (exact) mass is 312 g/mol. The number of rotatable bonds is 7. The number of carbonyl (C=O) groups is 2. The Labute approximate surface area is 135 Å². The van der Waals surface area contributed by atoms with Crippen LogP contribution in [-0.2, 0) is 22.6 Å². The van der Waals surface area contributed by atoms with E-state index in [1.54, 1.807) is 6.20 Å². The van der Waals surface area contributed by atoms with Crippen molar-refractivity contribution in [2.24, 2.45) is 0 Å². The number of aromatic nitrogens is 1. The highest BCUT2D eigenvalue weighted by molar-refractivity contribution is 5.83. The van der Waals surface area contributed by atoms with E-state index in [2.05, 4.69) is 4.98 Å². The number of benzene rings is 1. The van der Waals surface area contributed by atoms with Crippen LogP contribution in [0.25, 0.3) is 0 Å². The van der Waals surface area contributed by atoms with Crippen LogP contribution in [-0.4, -0.2) is 32.9 Å². The fraction of sp³-hybridized carbons (Fsp3) is 0.278. The fourth-order valence-corrected chi connectivity index (χ4v) is 2.28. The molecule has 1 N–H and O–H groups in total. The lowest BCUT2D eigenvalue weighted by molar-refractivity contribution is -0.150. The van der Waals surface area contributed by atoms with E-state index >= 15 is 0 Å². The molecule has 0 fully saturated rings. The Morgan fingerprint density at radius 1 is 1.13 bits per heavy atom. The number of amides is 1. The van der Waals surface area contributed by atoms with Crippen LogP contribution < -0.4 is 0 Å². The van der Waals surface area contributed by atoms with Gasteiger partial charge in [-0.3, -0.25) is 9.78 Å². The first-order valence-electron chi connectivity index (χ1n) is 7.54. The number of carboxylic acids is 1. The molecule has 1 heterocycles. The van der Waals surface area contributed by atoms with Crippen LogP contribution in [0.5, 0.6) is 0 Å². The lowest BCUT2D eigenvalue weighted by Gasteiger charge is -2.26. The summed E-state index contributed by atoms with van der Waals surface area (Å²) in [6, 6.07) is 14.1. The first kappa shape index (κ1) is 16.7. The summed E-state index contributed by atoms with van der Waals surface area (Å²) in [4.78, 5) is 29.4. The van der Waals surface area contributed by atoms with Gasteiger partial charge in [-0.1, -0.05) is 36.4 Å². The molecular weight excluding hydrogens is 292 g/mol. The maximum absolute atomic E-state index is 12.5. The van der Waals surface area contributed by atoms with Crippen molar-refractivity contribution in [1.29, 1.82) is 0 Å². The van der Waals surface area contributed by atoms with Crippen molar-refractivity contribution >= 4 is 11.9 Å². The average Bonchev–Trinajstić information content (AvgIpc) is 2.58. The number of hydrogen-bond donors (Lipinski definition) is 1. The highest BCUT2D eigenvalue weighted by Gasteiger charge is 2.25. The van der Waals surface area contributed by atoms with Gasteiger partial charge in [-0.15, -0.1) is 0 Å². The molecule has 0 saturated carbocycles. The van der Waals surface area contributed by atoms with Gasteiger partial charge in [0.25, 0.3) is 0 Å². The van der Waals surface area contributed by atoms with E-state index in [1.165, 1.54) is 11.8 Å². The Morgan fingerprint density at radius 2 is 1.83 bits per heavy atom. The van der Waals surface area contributed by atoms with Gasteiger partial charge in [-0.2, -0.15) is 0 Å². The predicted molar refractivity (Wildman–Crippen MR) is 86.6 cm³/mol. The van der Waals surface area contributed by atoms with Gasteiger partial charge in [0, 0.05) is 24.9 Å². The Bertz CT molecular complexity index is 644. The van der Waals surface area contributed by atoms with Crippen molar-refractivity contribution in [2.75, 3.05) is 0 Å². The maximum Gasteiger partial charge on any atom is 0.326 e. The second-order valence-electron chi connectivity index (χ2n) is 5.34. The maximum atomic E-state index is 12.5. The van der Waals surface area contributed by atoms with Gasteiger partial charge >= 0.3 is 5.97 Å². The van der Waals surface area contributed by atoms with E-state index in [-0.39, 0.29) is 18.9 Å². The van der Waals surface area contributed by atoms with Gasteiger partial charge in [0.2, 0.25) is 5.91 Å². The zero-order chi connectivity index (χ0) is 16.7. The summed E-state index contributed by atoms with van der Waals surface area (Å²) in [5, 5.41) is 9.26. The summed E-state index contributed by atoms with van der Waals surface area (Å²) < 4.78 is 0. The number of carboxylic acid groups (broad SMARTS) is 1. The Morgan fingerprint density at radius 3 is 2.43 bits per heavy atom. The number of carbonyl (C=O) groups excluding carboxylic acids is 1. The summed E-state index contributed by atoms with van der Waals surface area (Å²) in [6.07, 6.45) is 2.42. The molecule has 5 heteroatoms. The third-order valence-corrected chi connectivity index (χ3v) is 3.66. The second-order valence-corrected chi connectivity index (χ2v) is 5.34. The molecule has 1 unspecified atom stereocenters. The average molecular weight is 312 g/mol. The van der Waals surface area contributed by atoms with Crippen molar-refractivity contribution in [2.45, 2.75) is 32.4 Å². The number of pyridine rings is 1. The van der Waals surface area contributed by atoms with Gasteiger partial charge in [0.05, 0.1) is 0 Å². The Kier molecular flexibility index (Phi) is 5.86. The fourth-order valence-electron chi connectivity index (χ4n) is 2.28. The number of aliphatic carboxylic acids is 1. The van der Waals surface area contributed by atoms with Crippen molar-refractivity contribution in [1.82, 2.24) is 9.88 Å². The van der Waals surface area contributed by atoms with Crippen LogP contribution in [0.15, 0.2) is 54.7 Å². The summed E-state index contributed by atoms with van der Waals surface area (Å²) >= 11 is 0. The molecule has 1 atom stereocenters. The van der Waals surface area contributed by atoms with Crippen LogP contribution >= 0.6 is 0 Å².